The largest absolute Gasteiger partial charge is 0.480 e. The third kappa shape index (κ3) is 4.55. The summed E-state index contributed by atoms with van der Waals surface area (Å²) in [6.07, 6.45) is 2.38. The zero-order valence-electron chi connectivity index (χ0n) is 16.2. The lowest BCUT2D eigenvalue weighted by atomic mass is 10.0. The molecule has 0 radical (unpaired) electrons. The fourth-order valence-corrected chi connectivity index (χ4v) is 3.79. The summed E-state index contributed by atoms with van der Waals surface area (Å²) in [7, 11) is 0. The predicted molar refractivity (Wildman–Crippen MR) is 116 cm³/mol. The van der Waals surface area contributed by atoms with Crippen molar-refractivity contribution in [2.75, 3.05) is 0 Å². The summed E-state index contributed by atoms with van der Waals surface area (Å²) in [4.78, 5) is 17.6. The molecule has 0 aliphatic rings. The number of nitrogens with one attached hydrogen (secondary N) is 1. The topological polar surface area (TPSA) is 56.3 Å². The van der Waals surface area contributed by atoms with E-state index in [0.717, 1.165) is 27.6 Å². The van der Waals surface area contributed by atoms with Crippen LogP contribution in [0.1, 0.15) is 16.7 Å². The quantitative estimate of drug-likeness (QED) is 0.456. The van der Waals surface area contributed by atoms with Crippen molar-refractivity contribution in [1.29, 1.82) is 0 Å². The minimum atomic E-state index is -0.804. The van der Waals surface area contributed by atoms with E-state index in [-0.39, 0.29) is 0 Å². The smallest absolute Gasteiger partial charge is 0.321 e. The summed E-state index contributed by atoms with van der Waals surface area (Å²) in [6.45, 7) is 1.16. The van der Waals surface area contributed by atoms with Crippen LogP contribution >= 0.6 is 0 Å². The first-order valence-electron chi connectivity index (χ1n) is 9.80. The highest BCUT2D eigenvalue weighted by Gasteiger charge is 2.27. The van der Waals surface area contributed by atoms with Crippen LogP contribution in [0.15, 0.2) is 91.1 Å². The van der Waals surface area contributed by atoms with Gasteiger partial charge in [0.15, 0.2) is 0 Å². The fraction of sp³-hybridized carbons (Fsp3) is 0.160. The summed E-state index contributed by atoms with van der Waals surface area (Å²) >= 11 is 0. The molecule has 0 unspecified atom stereocenters. The number of hydrogen-bond acceptors (Lipinski definition) is 2. The molecule has 2 N–H and O–H groups in total. The lowest BCUT2D eigenvalue weighted by Crippen LogP contribution is -2.41. The number of aromatic nitrogens is 1. The summed E-state index contributed by atoms with van der Waals surface area (Å²) < 4.78 is 0. The van der Waals surface area contributed by atoms with E-state index in [1.807, 2.05) is 91.1 Å². The minimum Gasteiger partial charge on any atom is -0.480 e. The Morgan fingerprint density at radius 2 is 1.38 bits per heavy atom. The van der Waals surface area contributed by atoms with Crippen molar-refractivity contribution in [3.05, 3.63) is 108 Å². The van der Waals surface area contributed by atoms with Gasteiger partial charge in [-0.05, 0) is 22.8 Å². The molecule has 0 saturated heterocycles. The Labute approximate surface area is 170 Å². The number of rotatable bonds is 8. The van der Waals surface area contributed by atoms with E-state index >= 15 is 0 Å². The van der Waals surface area contributed by atoms with Crippen LogP contribution in [0.25, 0.3) is 10.9 Å². The Morgan fingerprint density at radius 1 is 0.828 bits per heavy atom. The average molecular weight is 384 g/mol. The van der Waals surface area contributed by atoms with Crippen molar-refractivity contribution in [1.82, 2.24) is 9.88 Å². The third-order valence-corrected chi connectivity index (χ3v) is 5.27. The van der Waals surface area contributed by atoms with E-state index in [0.29, 0.717) is 19.5 Å². The number of H-pyrrole nitrogens is 1. The number of carboxylic acids is 1. The number of carboxylic acid groups (broad SMARTS) is 1. The zero-order chi connectivity index (χ0) is 20.1. The first kappa shape index (κ1) is 19.0. The van der Waals surface area contributed by atoms with Crippen LogP contribution in [-0.4, -0.2) is 27.0 Å². The maximum atomic E-state index is 12.3. The number of aliphatic carboxylic acids is 1. The van der Waals surface area contributed by atoms with Gasteiger partial charge in [0.2, 0.25) is 0 Å². The zero-order valence-corrected chi connectivity index (χ0v) is 16.2. The van der Waals surface area contributed by atoms with Crippen molar-refractivity contribution in [2.45, 2.75) is 25.6 Å². The molecule has 3 aromatic carbocycles. The second kappa shape index (κ2) is 8.76. The van der Waals surface area contributed by atoms with Crippen molar-refractivity contribution in [2.24, 2.45) is 0 Å². The van der Waals surface area contributed by atoms with Gasteiger partial charge in [0.1, 0.15) is 6.04 Å². The lowest BCUT2D eigenvalue weighted by molar-refractivity contribution is -0.143. The number of benzene rings is 3. The Kier molecular flexibility index (Phi) is 5.73. The second-order valence-corrected chi connectivity index (χ2v) is 7.29. The number of hydrogen-bond donors (Lipinski definition) is 2. The van der Waals surface area contributed by atoms with Crippen molar-refractivity contribution in [3.8, 4) is 0 Å². The second-order valence-electron chi connectivity index (χ2n) is 7.29. The molecule has 0 bridgehead atoms. The van der Waals surface area contributed by atoms with Gasteiger partial charge in [-0.15, -0.1) is 0 Å². The summed E-state index contributed by atoms with van der Waals surface area (Å²) in [6, 6.07) is 27.5. The van der Waals surface area contributed by atoms with Gasteiger partial charge in [-0.25, -0.2) is 0 Å². The van der Waals surface area contributed by atoms with E-state index in [2.05, 4.69) is 9.88 Å². The van der Waals surface area contributed by atoms with E-state index in [9.17, 15) is 9.90 Å². The number of fused-ring (bicyclic) bond motifs is 1. The van der Waals surface area contributed by atoms with Gasteiger partial charge in [0.25, 0.3) is 0 Å². The molecule has 4 aromatic rings. The van der Waals surface area contributed by atoms with Crippen molar-refractivity contribution in [3.63, 3.8) is 0 Å². The van der Waals surface area contributed by atoms with Crippen LogP contribution in [0, 0.1) is 0 Å². The Hall–Kier alpha value is -3.37. The maximum absolute atomic E-state index is 12.3. The van der Waals surface area contributed by atoms with E-state index in [4.69, 9.17) is 0 Å². The number of para-hydroxylation sites is 1. The Morgan fingerprint density at radius 3 is 1.97 bits per heavy atom. The molecule has 1 aromatic heterocycles. The van der Waals surface area contributed by atoms with Crippen LogP contribution in [0.5, 0.6) is 0 Å². The molecule has 0 fully saturated rings. The molecule has 4 heteroatoms. The van der Waals surface area contributed by atoms with Gasteiger partial charge in [-0.2, -0.15) is 0 Å². The highest BCUT2D eigenvalue weighted by Crippen LogP contribution is 2.23. The molecule has 4 rings (SSSR count). The average Bonchev–Trinajstić information content (AvgIpc) is 3.16. The molecule has 146 valence electrons. The highest BCUT2D eigenvalue weighted by molar-refractivity contribution is 5.84. The first-order valence-corrected chi connectivity index (χ1v) is 9.80. The SMILES string of the molecule is O=C(O)[C@@H](Cc1c[nH]c2ccccc12)N(Cc1ccccc1)Cc1ccccc1. The molecule has 4 nitrogen and oxygen atoms in total. The molecular weight excluding hydrogens is 360 g/mol. The molecular formula is C25H24N2O2. The van der Waals surface area contributed by atoms with Gasteiger partial charge in [0.05, 0.1) is 0 Å². The molecule has 0 aliphatic carbocycles. The van der Waals surface area contributed by atoms with Gasteiger partial charge < -0.3 is 10.1 Å². The van der Waals surface area contributed by atoms with Crippen LogP contribution in [-0.2, 0) is 24.3 Å². The summed E-state index contributed by atoms with van der Waals surface area (Å²) in [5.41, 5.74) is 4.27. The van der Waals surface area contributed by atoms with Crippen LogP contribution in [0.2, 0.25) is 0 Å². The lowest BCUT2D eigenvalue weighted by Gasteiger charge is -2.29. The molecule has 0 aliphatic heterocycles. The summed E-state index contributed by atoms with van der Waals surface area (Å²) in [5.74, 6) is -0.804. The first-order chi connectivity index (χ1) is 14.2. The molecule has 1 heterocycles. The van der Waals surface area contributed by atoms with Crippen LogP contribution in [0.3, 0.4) is 0 Å². The Bertz CT molecular complexity index is 1030. The molecule has 0 amide bonds. The fourth-order valence-electron chi connectivity index (χ4n) is 3.79. The number of carbonyl (C=O) groups is 1. The molecule has 0 spiro atoms. The van der Waals surface area contributed by atoms with Crippen molar-refractivity contribution >= 4 is 16.9 Å². The molecule has 29 heavy (non-hydrogen) atoms. The third-order valence-electron chi connectivity index (χ3n) is 5.27. The van der Waals surface area contributed by atoms with E-state index in [1.165, 1.54) is 0 Å². The van der Waals surface area contributed by atoms with Crippen LogP contribution in [0.4, 0.5) is 0 Å². The van der Waals surface area contributed by atoms with Gasteiger partial charge in [-0.1, -0.05) is 78.9 Å². The molecule has 1 atom stereocenters. The van der Waals surface area contributed by atoms with E-state index < -0.39 is 12.0 Å². The summed E-state index contributed by atoms with van der Waals surface area (Å²) in [5, 5.41) is 11.2. The number of aromatic amines is 1. The van der Waals surface area contributed by atoms with Gasteiger partial charge in [0, 0.05) is 36.6 Å². The number of nitrogens with zero attached hydrogens (tertiary/aromatic N) is 1. The van der Waals surface area contributed by atoms with E-state index in [1.54, 1.807) is 0 Å². The normalized spacial score (nSPS) is 12.3. The highest BCUT2D eigenvalue weighted by atomic mass is 16.4. The predicted octanol–water partition coefficient (Wildman–Crippen LogP) is 4.87. The van der Waals surface area contributed by atoms with Crippen LogP contribution < -0.4 is 0 Å². The van der Waals surface area contributed by atoms with Gasteiger partial charge in [-0.3, -0.25) is 9.69 Å². The minimum absolute atomic E-state index is 0.443. The monoisotopic (exact) mass is 384 g/mol. The van der Waals surface area contributed by atoms with Gasteiger partial charge >= 0.3 is 5.97 Å². The maximum Gasteiger partial charge on any atom is 0.321 e. The Balaban J connectivity index is 1.65. The van der Waals surface area contributed by atoms with Crippen molar-refractivity contribution < 1.29 is 9.90 Å². The molecule has 0 saturated carbocycles. The standard InChI is InChI=1S/C25H24N2O2/c28-25(29)24(15-21-16-26-23-14-8-7-13-22(21)23)27(17-19-9-3-1-4-10-19)18-20-11-5-2-6-12-20/h1-14,16,24,26H,15,17-18H2,(H,28,29)/t24-/m1/s1.